The van der Waals surface area contributed by atoms with Gasteiger partial charge >= 0.3 is 0 Å². The summed E-state index contributed by atoms with van der Waals surface area (Å²) in [6.07, 6.45) is 7.79. The Morgan fingerprint density at radius 3 is 2.11 bits per heavy atom. The second-order valence-electron chi connectivity index (χ2n) is 13.9. The van der Waals surface area contributed by atoms with Crippen LogP contribution in [0.1, 0.15) is 99.1 Å². The Labute approximate surface area is 295 Å². The molecule has 0 atom stereocenters. The van der Waals surface area contributed by atoms with Crippen molar-refractivity contribution in [2.24, 2.45) is 17.8 Å². The van der Waals surface area contributed by atoms with Crippen molar-refractivity contribution in [3.63, 3.8) is 0 Å². The van der Waals surface area contributed by atoms with Gasteiger partial charge in [-0.3, -0.25) is 9.78 Å². The number of hydrogen-bond donors (Lipinski definition) is 1. The molecule has 2 heterocycles. The summed E-state index contributed by atoms with van der Waals surface area (Å²) in [6.45, 7) is 19.3. The first kappa shape index (κ1) is 38.2. The topological polar surface area (TPSA) is 63.3 Å². The zero-order chi connectivity index (χ0) is 33.6. The molecule has 47 heavy (non-hydrogen) atoms. The van der Waals surface area contributed by atoms with Gasteiger partial charge in [0.25, 0.3) is 0 Å². The fourth-order valence-electron chi connectivity index (χ4n) is 6.33. The molecule has 0 aliphatic carbocycles. The van der Waals surface area contributed by atoms with Crippen LogP contribution in [0.5, 0.6) is 0 Å². The molecular weight excluding hydrogens is 759 g/mol. The van der Waals surface area contributed by atoms with Crippen LogP contribution in [0, 0.1) is 23.8 Å². The van der Waals surface area contributed by atoms with Gasteiger partial charge in [-0.1, -0.05) is 110 Å². The van der Waals surface area contributed by atoms with Crippen molar-refractivity contribution in [1.29, 1.82) is 0 Å². The zero-order valence-corrected chi connectivity index (χ0v) is 32.1. The van der Waals surface area contributed by atoms with E-state index in [-0.39, 0.29) is 48.9 Å². The van der Waals surface area contributed by atoms with Crippen LogP contribution in [0.15, 0.2) is 77.0 Å². The molecule has 3 aromatic carbocycles. The molecule has 5 rings (SSSR count). The van der Waals surface area contributed by atoms with Crippen molar-refractivity contribution in [3.8, 4) is 11.3 Å². The molecule has 1 N–H and O–H groups in total. The molecular formula is C42H52IrNO3-. The van der Waals surface area contributed by atoms with Crippen LogP contribution in [0.25, 0.3) is 44.0 Å². The number of benzene rings is 3. The maximum Gasteiger partial charge on any atom is 0.162 e. The Morgan fingerprint density at radius 2 is 1.49 bits per heavy atom. The summed E-state index contributed by atoms with van der Waals surface area (Å²) in [5, 5.41) is 14.4. The quantitative estimate of drug-likeness (QED) is 0.0867. The number of carbonyl (C=O) groups is 1. The third-order valence-electron chi connectivity index (χ3n) is 9.04. The molecule has 253 valence electrons. The summed E-state index contributed by atoms with van der Waals surface area (Å²) < 4.78 is 6.53. The van der Waals surface area contributed by atoms with E-state index in [1.807, 2.05) is 33.9 Å². The van der Waals surface area contributed by atoms with Crippen LogP contribution < -0.4 is 0 Å². The first-order valence-corrected chi connectivity index (χ1v) is 17.1. The van der Waals surface area contributed by atoms with E-state index in [0.29, 0.717) is 5.92 Å². The SMILES string of the molecule is CC(C)Cc1cccc2c1oc1c(-c3[c-]c4ccccc4c(C(C)(C)C)c3)nccc12.CCC(CC)C(=O)/C=C(\O)C(CC)CC.[Ir]. The summed E-state index contributed by atoms with van der Waals surface area (Å²) in [5.41, 5.74) is 6.24. The van der Waals surface area contributed by atoms with Crippen LogP contribution in [0.2, 0.25) is 0 Å². The van der Waals surface area contributed by atoms with E-state index in [0.717, 1.165) is 70.7 Å². The van der Waals surface area contributed by atoms with Crippen LogP contribution in [-0.2, 0) is 36.7 Å². The number of furan rings is 1. The molecule has 1 radical (unpaired) electrons. The third kappa shape index (κ3) is 8.80. The van der Waals surface area contributed by atoms with Gasteiger partial charge in [-0.2, -0.15) is 0 Å². The first-order valence-electron chi connectivity index (χ1n) is 17.1. The van der Waals surface area contributed by atoms with Crippen LogP contribution in [0.3, 0.4) is 0 Å². The summed E-state index contributed by atoms with van der Waals surface area (Å²) in [6, 6.07) is 22.9. The minimum absolute atomic E-state index is 0. The molecule has 0 amide bonds. The van der Waals surface area contributed by atoms with E-state index in [2.05, 4.69) is 95.3 Å². The van der Waals surface area contributed by atoms with E-state index in [9.17, 15) is 9.90 Å². The third-order valence-corrected chi connectivity index (χ3v) is 9.04. The number of ketones is 1. The molecule has 0 unspecified atom stereocenters. The zero-order valence-electron chi connectivity index (χ0n) is 29.7. The molecule has 4 nitrogen and oxygen atoms in total. The van der Waals surface area contributed by atoms with Crippen LogP contribution in [0.4, 0.5) is 0 Å². The molecule has 5 aromatic rings. The van der Waals surface area contributed by atoms with E-state index in [4.69, 9.17) is 9.40 Å². The van der Waals surface area contributed by atoms with Crippen LogP contribution in [-0.4, -0.2) is 15.9 Å². The Hall–Kier alpha value is -3.27. The van der Waals surface area contributed by atoms with Crippen molar-refractivity contribution >= 4 is 38.5 Å². The Kier molecular flexibility index (Phi) is 13.6. The van der Waals surface area contributed by atoms with Crippen LogP contribution >= 0.6 is 0 Å². The first-order chi connectivity index (χ1) is 21.9. The van der Waals surface area contributed by atoms with Crippen molar-refractivity contribution in [2.75, 3.05) is 0 Å². The monoisotopic (exact) mass is 811 g/mol. The second-order valence-corrected chi connectivity index (χ2v) is 13.9. The minimum atomic E-state index is 0. The van der Waals surface area contributed by atoms with Crippen molar-refractivity contribution in [3.05, 3.63) is 89.8 Å². The van der Waals surface area contributed by atoms with Gasteiger partial charge in [-0.15, -0.1) is 29.1 Å². The van der Waals surface area contributed by atoms with E-state index >= 15 is 0 Å². The van der Waals surface area contributed by atoms with E-state index in [1.54, 1.807) is 0 Å². The molecule has 0 fully saturated rings. The fraction of sp³-hybridized carbons (Fsp3) is 0.429. The van der Waals surface area contributed by atoms with Gasteiger partial charge in [0.2, 0.25) is 0 Å². The molecule has 0 bridgehead atoms. The number of para-hydroxylation sites is 1. The Morgan fingerprint density at radius 1 is 0.872 bits per heavy atom. The van der Waals surface area contributed by atoms with Gasteiger partial charge in [0.05, 0.1) is 5.76 Å². The largest absolute Gasteiger partial charge is 0.512 e. The number of hydrogen-bond acceptors (Lipinski definition) is 4. The van der Waals surface area contributed by atoms with Gasteiger partial charge in [-0.05, 0) is 55.1 Å². The number of aliphatic hydroxyl groups is 1. The Bertz CT molecular complexity index is 1820. The maximum absolute atomic E-state index is 11.7. The molecule has 0 saturated heterocycles. The number of carbonyl (C=O) groups excluding carboxylic acids is 1. The van der Waals surface area contributed by atoms with E-state index in [1.165, 1.54) is 22.6 Å². The number of aliphatic hydroxyl groups excluding tert-OH is 1. The molecule has 0 aliphatic rings. The van der Waals surface area contributed by atoms with E-state index < -0.39 is 0 Å². The summed E-state index contributed by atoms with van der Waals surface area (Å²) >= 11 is 0. The predicted molar refractivity (Wildman–Crippen MR) is 194 cm³/mol. The normalized spacial score (nSPS) is 12.2. The number of rotatable bonds is 10. The van der Waals surface area contributed by atoms with Gasteiger partial charge in [0, 0.05) is 60.7 Å². The average Bonchev–Trinajstić information content (AvgIpc) is 3.41. The molecule has 0 spiro atoms. The number of aromatic nitrogens is 1. The number of nitrogens with zero attached hydrogens (tertiary/aromatic N) is 1. The van der Waals surface area contributed by atoms with Crippen molar-refractivity contribution in [2.45, 2.75) is 99.8 Å². The molecule has 0 aliphatic heterocycles. The number of pyridine rings is 1. The van der Waals surface area contributed by atoms with Gasteiger partial charge in [0.1, 0.15) is 11.2 Å². The minimum Gasteiger partial charge on any atom is -0.512 e. The second kappa shape index (κ2) is 16.7. The summed E-state index contributed by atoms with van der Waals surface area (Å²) in [4.78, 5) is 16.5. The van der Waals surface area contributed by atoms with Crippen molar-refractivity contribution < 1.29 is 34.4 Å². The summed E-state index contributed by atoms with van der Waals surface area (Å²) in [5.74, 6) is 1.12. The number of fused-ring (bicyclic) bond motifs is 4. The maximum atomic E-state index is 11.7. The van der Waals surface area contributed by atoms with Gasteiger partial charge in [-0.25, -0.2) is 0 Å². The molecule has 0 saturated carbocycles. The Balaban J connectivity index is 0.000000322. The standard InChI is InChI=1S/C29H28NO.C13H24O2.Ir/c1-18(2)15-20-10-8-12-23-24-13-14-30-26(28(24)31-27(20)23)21-16-19-9-6-7-11-22(19)25(17-21)29(3,4)5;1-5-10(6-2)12(14)9-13(15)11(7-3)8-4;/h6-14,17-18H,15H2,1-5H3;9-11,14H,5-8H2,1-4H3;/q-1;;/b;12-9-;. The smallest absolute Gasteiger partial charge is 0.162 e. The predicted octanol–water partition coefficient (Wildman–Crippen LogP) is 12.0. The number of allylic oxidation sites excluding steroid dienone is 2. The fourth-order valence-corrected chi connectivity index (χ4v) is 6.33. The van der Waals surface area contributed by atoms with Gasteiger partial charge in [0.15, 0.2) is 5.78 Å². The van der Waals surface area contributed by atoms with Gasteiger partial charge < -0.3 is 9.52 Å². The van der Waals surface area contributed by atoms with Crippen molar-refractivity contribution in [1.82, 2.24) is 4.98 Å². The average molecular weight is 811 g/mol. The summed E-state index contributed by atoms with van der Waals surface area (Å²) in [7, 11) is 0. The molecule has 5 heteroatoms. The molecule has 2 aromatic heterocycles.